The van der Waals surface area contributed by atoms with Crippen molar-refractivity contribution in [1.29, 1.82) is 0 Å². The Morgan fingerprint density at radius 3 is 2.85 bits per heavy atom. The Bertz CT molecular complexity index is 598. The van der Waals surface area contributed by atoms with E-state index >= 15 is 0 Å². The van der Waals surface area contributed by atoms with Crippen molar-refractivity contribution in [2.24, 2.45) is 0 Å². The number of benzene rings is 1. The largest absolute Gasteiger partial charge is 0.345 e. The third kappa shape index (κ3) is 3.03. The number of amides is 1. The molecule has 0 bridgehead atoms. The van der Waals surface area contributed by atoms with E-state index in [2.05, 4.69) is 10.6 Å². The highest BCUT2D eigenvalue weighted by Crippen LogP contribution is 2.20. The van der Waals surface area contributed by atoms with Gasteiger partial charge in [-0.2, -0.15) is 0 Å². The molecule has 0 radical (unpaired) electrons. The molecule has 106 valence electrons. The smallest absolute Gasteiger partial charge is 0.251 e. The Morgan fingerprint density at radius 2 is 2.10 bits per heavy atom. The summed E-state index contributed by atoms with van der Waals surface area (Å²) in [5.41, 5.74) is 3.27. The molecular formula is C15H17ClN2OS. The highest BCUT2D eigenvalue weighted by atomic mass is 35.5. The highest BCUT2D eigenvalue weighted by Gasteiger charge is 2.15. The van der Waals surface area contributed by atoms with Gasteiger partial charge in [0.2, 0.25) is 0 Å². The Morgan fingerprint density at radius 1 is 1.30 bits per heavy atom. The summed E-state index contributed by atoms with van der Waals surface area (Å²) in [7, 11) is 0. The summed E-state index contributed by atoms with van der Waals surface area (Å²) in [4.78, 5) is 13.4. The fraction of sp³-hybridized carbons (Fsp3) is 0.267. The Kier molecular flexibility index (Phi) is 4.81. The van der Waals surface area contributed by atoms with Crippen molar-refractivity contribution in [1.82, 2.24) is 10.6 Å². The zero-order chi connectivity index (χ0) is 13.2. The first-order valence-electron chi connectivity index (χ1n) is 6.41. The van der Waals surface area contributed by atoms with E-state index in [0.29, 0.717) is 0 Å². The molecule has 20 heavy (non-hydrogen) atoms. The average molecular weight is 309 g/mol. The quantitative estimate of drug-likeness (QED) is 0.914. The Hall–Kier alpha value is -1.36. The number of carbonyl (C=O) groups is 1. The predicted octanol–water partition coefficient (Wildman–Crippen LogP) is 3.26. The normalized spacial score (nSPS) is 14.2. The first-order valence-corrected chi connectivity index (χ1v) is 7.29. The molecule has 1 atom stereocenters. The molecular weight excluding hydrogens is 292 g/mol. The topological polar surface area (TPSA) is 41.1 Å². The third-order valence-corrected chi connectivity index (χ3v) is 4.47. The van der Waals surface area contributed by atoms with Gasteiger partial charge in [0.25, 0.3) is 5.91 Å². The van der Waals surface area contributed by atoms with Gasteiger partial charge >= 0.3 is 0 Å². The number of hydrogen-bond donors (Lipinski definition) is 2. The summed E-state index contributed by atoms with van der Waals surface area (Å²) in [6, 6.07) is 10.0. The number of halogens is 1. The highest BCUT2D eigenvalue weighted by molar-refractivity contribution is 7.10. The van der Waals surface area contributed by atoms with Crippen LogP contribution in [-0.4, -0.2) is 5.91 Å². The lowest BCUT2D eigenvalue weighted by Crippen LogP contribution is -2.26. The number of thiophene rings is 1. The number of carbonyl (C=O) groups excluding carboxylic acids is 1. The first kappa shape index (κ1) is 15.0. The van der Waals surface area contributed by atoms with Gasteiger partial charge in [-0.1, -0.05) is 12.1 Å². The molecule has 0 fully saturated rings. The van der Waals surface area contributed by atoms with Crippen LogP contribution in [0.25, 0.3) is 0 Å². The van der Waals surface area contributed by atoms with Gasteiger partial charge in [0.1, 0.15) is 0 Å². The van der Waals surface area contributed by atoms with Crippen molar-refractivity contribution in [3.05, 3.63) is 57.3 Å². The second-order valence-corrected chi connectivity index (χ2v) is 5.78. The monoisotopic (exact) mass is 308 g/mol. The molecule has 0 aliphatic carbocycles. The van der Waals surface area contributed by atoms with E-state index in [0.717, 1.165) is 18.7 Å². The van der Waals surface area contributed by atoms with Crippen LogP contribution in [0.3, 0.4) is 0 Å². The molecule has 2 N–H and O–H groups in total. The van der Waals surface area contributed by atoms with E-state index in [1.807, 2.05) is 42.6 Å². The zero-order valence-corrected chi connectivity index (χ0v) is 12.8. The van der Waals surface area contributed by atoms with Crippen LogP contribution in [0.15, 0.2) is 35.7 Å². The summed E-state index contributed by atoms with van der Waals surface area (Å²) >= 11 is 1.66. The van der Waals surface area contributed by atoms with Crippen molar-refractivity contribution in [3.8, 4) is 0 Å². The van der Waals surface area contributed by atoms with Crippen LogP contribution in [0, 0.1) is 0 Å². The van der Waals surface area contributed by atoms with Gasteiger partial charge in [-0.3, -0.25) is 4.79 Å². The third-order valence-electron chi connectivity index (χ3n) is 3.42. The van der Waals surface area contributed by atoms with Gasteiger partial charge in [-0.25, -0.2) is 0 Å². The van der Waals surface area contributed by atoms with Gasteiger partial charge in [0.05, 0.1) is 6.04 Å². The number of nitrogens with one attached hydrogen (secondary N) is 2. The summed E-state index contributed by atoms with van der Waals surface area (Å²) in [6.07, 6.45) is 0. The molecule has 1 unspecified atom stereocenters. The molecule has 3 nitrogen and oxygen atoms in total. The molecule has 1 aliphatic heterocycles. The fourth-order valence-electron chi connectivity index (χ4n) is 2.32. The number of rotatable bonds is 3. The van der Waals surface area contributed by atoms with Crippen LogP contribution in [0.5, 0.6) is 0 Å². The minimum absolute atomic E-state index is 0. The molecule has 5 heteroatoms. The molecule has 2 heterocycles. The summed E-state index contributed by atoms with van der Waals surface area (Å²) < 4.78 is 0. The molecule has 0 saturated carbocycles. The maximum atomic E-state index is 12.2. The van der Waals surface area contributed by atoms with Crippen LogP contribution in [-0.2, 0) is 13.1 Å². The summed E-state index contributed by atoms with van der Waals surface area (Å²) in [5.74, 6) is -0.00407. The molecule has 1 aromatic heterocycles. The molecule has 3 rings (SSSR count). The van der Waals surface area contributed by atoms with E-state index in [1.165, 1.54) is 16.0 Å². The average Bonchev–Trinajstić information content (AvgIpc) is 3.09. The predicted molar refractivity (Wildman–Crippen MR) is 84.4 cm³/mol. The minimum Gasteiger partial charge on any atom is -0.345 e. The van der Waals surface area contributed by atoms with E-state index in [-0.39, 0.29) is 24.4 Å². The van der Waals surface area contributed by atoms with Crippen molar-refractivity contribution in [2.45, 2.75) is 26.1 Å². The van der Waals surface area contributed by atoms with Gasteiger partial charge in [-0.15, -0.1) is 23.7 Å². The lowest BCUT2D eigenvalue weighted by Gasteiger charge is -2.12. The van der Waals surface area contributed by atoms with Crippen LogP contribution in [0.4, 0.5) is 0 Å². The molecule has 1 aliphatic rings. The summed E-state index contributed by atoms with van der Waals surface area (Å²) in [5, 5.41) is 8.35. The van der Waals surface area contributed by atoms with Crippen molar-refractivity contribution >= 4 is 29.7 Å². The zero-order valence-electron chi connectivity index (χ0n) is 11.2. The minimum atomic E-state index is -0.00407. The van der Waals surface area contributed by atoms with Crippen LogP contribution in [0.2, 0.25) is 0 Å². The molecule has 1 amide bonds. The second-order valence-electron chi connectivity index (χ2n) is 4.80. The maximum absolute atomic E-state index is 12.2. The van der Waals surface area contributed by atoms with Gasteiger partial charge in [0.15, 0.2) is 0 Å². The van der Waals surface area contributed by atoms with Crippen LogP contribution < -0.4 is 10.6 Å². The molecule has 1 aromatic carbocycles. The molecule has 0 spiro atoms. The second kappa shape index (κ2) is 6.39. The maximum Gasteiger partial charge on any atom is 0.251 e. The van der Waals surface area contributed by atoms with Crippen molar-refractivity contribution in [2.75, 3.05) is 0 Å². The fourth-order valence-corrected chi connectivity index (χ4v) is 3.06. The summed E-state index contributed by atoms with van der Waals surface area (Å²) in [6.45, 7) is 3.78. The van der Waals surface area contributed by atoms with Crippen LogP contribution >= 0.6 is 23.7 Å². The number of hydrogen-bond acceptors (Lipinski definition) is 3. The Labute approximate surface area is 128 Å². The van der Waals surface area contributed by atoms with Gasteiger partial charge in [0, 0.05) is 23.5 Å². The lowest BCUT2D eigenvalue weighted by molar-refractivity contribution is 0.0940. The van der Waals surface area contributed by atoms with Crippen molar-refractivity contribution in [3.63, 3.8) is 0 Å². The first-order chi connectivity index (χ1) is 9.24. The standard InChI is InChI=1S/C15H16N2OS.ClH/c1-10(14-3-2-6-19-14)17-15(18)11-4-5-12-8-16-9-13(12)7-11;/h2-7,10,16H,8-9H2,1H3,(H,17,18);1H. The van der Waals surface area contributed by atoms with Gasteiger partial charge < -0.3 is 10.6 Å². The molecule has 0 saturated heterocycles. The SMILES string of the molecule is CC(NC(=O)c1ccc2c(c1)CNC2)c1cccs1.Cl. The van der Waals surface area contributed by atoms with Gasteiger partial charge in [-0.05, 0) is 41.6 Å². The van der Waals surface area contributed by atoms with Crippen molar-refractivity contribution < 1.29 is 4.79 Å². The van der Waals surface area contributed by atoms with E-state index in [4.69, 9.17) is 0 Å². The number of fused-ring (bicyclic) bond motifs is 1. The molecule has 2 aromatic rings. The van der Waals surface area contributed by atoms with E-state index in [9.17, 15) is 4.79 Å². The van der Waals surface area contributed by atoms with E-state index in [1.54, 1.807) is 11.3 Å². The van der Waals surface area contributed by atoms with E-state index < -0.39 is 0 Å². The Balaban J connectivity index is 0.00000147. The lowest BCUT2D eigenvalue weighted by atomic mass is 10.1. The van der Waals surface area contributed by atoms with Crippen LogP contribution in [0.1, 0.15) is 39.3 Å².